The minimum atomic E-state index is -5.08. The zero-order valence-corrected chi connectivity index (χ0v) is 15.2. The Morgan fingerprint density at radius 3 is 2.33 bits per heavy atom. The fraction of sp³-hybridized carbons (Fsp3) is 0.154. The van der Waals surface area contributed by atoms with Crippen molar-refractivity contribution in [1.29, 1.82) is 0 Å². The average Bonchev–Trinajstić information content (AvgIpc) is 2.41. The van der Waals surface area contributed by atoms with E-state index >= 15 is 0 Å². The predicted molar refractivity (Wildman–Crippen MR) is 90.0 cm³/mol. The van der Waals surface area contributed by atoms with E-state index in [-0.39, 0.29) is 5.95 Å². The van der Waals surface area contributed by atoms with Gasteiger partial charge >= 0.3 is 12.1 Å². The number of nitrogen functional groups attached to an aromatic ring is 1. The van der Waals surface area contributed by atoms with Crippen LogP contribution in [-0.2, 0) is 4.79 Å². The average molecular weight is 472 g/mol. The number of aliphatic carboxylic acids is 1. The van der Waals surface area contributed by atoms with Crippen molar-refractivity contribution in [3.8, 4) is 0 Å². The number of nitrogens with one attached hydrogen (secondary N) is 1. The molecule has 4 N–H and O–H groups in total. The van der Waals surface area contributed by atoms with Crippen LogP contribution < -0.4 is 11.1 Å². The molecule has 0 fully saturated rings. The van der Waals surface area contributed by atoms with Gasteiger partial charge in [-0.2, -0.15) is 18.2 Å². The molecule has 11 heteroatoms. The minimum Gasteiger partial charge on any atom is -0.475 e. The van der Waals surface area contributed by atoms with Crippen LogP contribution in [0.25, 0.3) is 0 Å². The summed E-state index contributed by atoms with van der Waals surface area (Å²) in [5, 5.41) is 10.3. The number of nitrogens with zero attached hydrogens (tertiary/aromatic N) is 2. The standard InChI is InChI=1S/C11H10Br2N4.C2HF3O2/c1-6-4-10(17-11(14)15-6)16-9-5-7(12)2-3-8(9)13;3-2(4,5)1(6)7/h2-5H,1H3,(H3,14,15,16,17);(H,6,7). The number of nitrogens with two attached hydrogens (primary N) is 1. The SMILES string of the molecule is Cc1cc(Nc2cc(Br)ccc2Br)nc(N)n1.O=C(O)C(F)(F)F. The van der Waals surface area contributed by atoms with E-state index in [0.717, 1.165) is 20.3 Å². The van der Waals surface area contributed by atoms with E-state index in [1.165, 1.54) is 0 Å². The molecular formula is C13H11Br2F3N4O2. The fourth-order valence-corrected chi connectivity index (χ4v) is 2.09. The smallest absolute Gasteiger partial charge is 0.475 e. The summed E-state index contributed by atoms with van der Waals surface area (Å²) in [5.41, 5.74) is 7.34. The van der Waals surface area contributed by atoms with Gasteiger partial charge < -0.3 is 16.2 Å². The number of halogens is 5. The van der Waals surface area contributed by atoms with E-state index < -0.39 is 12.1 Å². The lowest BCUT2D eigenvalue weighted by Crippen LogP contribution is -2.21. The van der Waals surface area contributed by atoms with E-state index in [9.17, 15) is 13.2 Å². The molecule has 1 heterocycles. The Kier molecular flexibility index (Phi) is 6.96. The number of hydrogen-bond acceptors (Lipinski definition) is 5. The lowest BCUT2D eigenvalue weighted by Gasteiger charge is -2.09. The van der Waals surface area contributed by atoms with Gasteiger partial charge in [0.1, 0.15) is 5.82 Å². The maximum atomic E-state index is 10.6. The highest BCUT2D eigenvalue weighted by Crippen LogP contribution is 2.28. The van der Waals surface area contributed by atoms with Crippen LogP contribution in [0.15, 0.2) is 33.2 Å². The molecule has 0 aliphatic heterocycles. The molecule has 0 bridgehead atoms. The number of carboxylic acid groups (broad SMARTS) is 1. The zero-order valence-electron chi connectivity index (χ0n) is 12.0. The van der Waals surface area contributed by atoms with Gasteiger partial charge in [-0.05, 0) is 41.1 Å². The topological polar surface area (TPSA) is 101 Å². The van der Waals surface area contributed by atoms with E-state index in [4.69, 9.17) is 15.6 Å². The quantitative estimate of drug-likeness (QED) is 0.604. The highest BCUT2D eigenvalue weighted by atomic mass is 79.9. The third-order valence-electron chi connectivity index (χ3n) is 2.31. The number of rotatable bonds is 2. The van der Waals surface area contributed by atoms with Gasteiger partial charge in [0, 0.05) is 20.7 Å². The molecule has 0 unspecified atom stereocenters. The molecular weight excluding hydrogens is 461 g/mol. The van der Waals surface area contributed by atoms with E-state index in [0.29, 0.717) is 5.82 Å². The van der Waals surface area contributed by atoms with Gasteiger partial charge in [-0.15, -0.1) is 0 Å². The van der Waals surface area contributed by atoms with Crippen molar-refractivity contribution in [2.75, 3.05) is 11.1 Å². The van der Waals surface area contributed by atoms with Crippen molar-refractivity contribution in [3.05, 3.63) is 38.9 Å². The minimum absolute atomic E-state index is 0.263. The van der Waals surface area contributed by atoms with Gasteiger partial charge in [0.15, 0.2) is 0 Å². The molecule has 1 aromatic heterocycles. The summed E-state index contributed by atoms with van der Waals surface area (Å²) in [4.78, 5) is 17.0. The maximum Gasteiger partial charge on any atom is 0.490 e. The van der Waals surface area contributed by atoms with Gasteiger partial charge in [-0.3, -0.25) is 0 Å². The van der Waals surface area contributed by atoms with Gasteiger partial charge in [-0.1, -0.05) is 15.9 Å². The second-order valence-corrected chi connectivity index (χ2v) is 6.07. The highest BCUT2D eigenvalue weighted by molar-refractivity contribution is 9.11. The summed E-state index contributed by atoms with van der Waals surface area (Å²) in [6.07, 6.45) is -5.08. The molecule has 1 aromatic carbocycles. The molecule has 0 amide bonds. The molecule has 0 saturated heterocycles. The molecule has 0 atom stereocenters. The first-order valence-electron chi connectivity index (χ1n) is 6.12. The normalized spacial score (nSPS) is 10.6. The first-order valence-corrected chi connectivity index (χ1v) is 7.71. The Hall–Kier alpha value is -1.88. The molecule has 0 aliphatic carbocycles. The Morgan fingerprint density at radius 2 is 1.83 bits per heavy atom. The molecule has 6 nitrogen and oxygen atoms in total. The number of hydrogen-bond donors (Lipinski definition) is 3. The lowest BCUT2D eigenvalue weighted by molar-refractivity contribution is -0.192. The Labute approximate surface area is 151 Å². The van der Waals surface area contributed by atoms with Crippen molar-refractivity contribution in [2.24, 2.45) is 0 Å². The number of benzene rings is 1. The van der Waals surface area contributed by atoms with Crippen LogP contribution in [-0.4, -0.2) is 27.2 Å². The molecule has 24 heavy (non-hydrogen) atoms. The Morgan fingerprint density at radius 1 is 1.25 bits per heavy atom. The van der Waals surface area contributed by atoms with Crippen LogP contribution >= 0.6 is 31.9 Å². The fourth-order valence-electron chi connectivity index (χ4n) is 1.39. The molecule has 0 spiro atoms. The molecule has 2 aromatic rings. The Bertz CT molecular complexity index is 721. The van der Waals surface area contributed by atoms with Crippen LogP contribution in [0, 0.1) is 6.92 Å². The van der Waals surface area contributed by atoms with Crippen molar-refractivity contribution < 1.29 is 23.1 Å². The summed E-state index contributed by atoms with van der Waals surface area (Å²) in [6.45, 7) is 1.87. The van der Waals surface area contributed by atoms with Gasteiger partial charge in [0.25, 0.3) is 0 Å². The van der Waals surface area contributed by atoms with Crippen LogP contribution in [0.2, 0.25) is 0 Å². The van der Waals surface area contributed by atoms with Crippen LogP contribution in [0.5, 0.6) is 0 Å². The third kappa shape index (κ3) is 6.71. The molecule has 0 aliphatic rings. The van der Waals surface area contributed by atoms with Crippen LogP contribution in [0.1, 0.15) is 5.69 Å². The number of aryl methyl sites for hydroxylation is 1. The van der Waals surface area contributed by atoms with E-state index in [1.54, 1.807) is 0 Å². The van der Waals surface area contributed by atoms with Gasteiger partial charge in [0.2, 0.25) is 5.95 Å². The largest absolute Gasteiger partial charge is 0.490 e. The third-order valence-corrected chi connectivity index (χ3v) is 3.49. The predicted octanol–water partition coefficient (Wildman–Crippen LogP) is 4.27. The lowest BCUT2D eigenvalue weighted by atomic mass is 10.3. The van der Waals surface area contributed by atoms with Crippen molar-refractivity contribution >= 4 is 55.3 Å². The summed E-state index contributed by atoms with van der Waals surface area (Å²) >= 11 is 6.89. The highest BCUT2D eigenvalue weighted by Gasteiger charge is 2.38. The summed E-state index contributed by atoms with van der Waals surface area (Å²) in [7, 11) is 0. The van der Waals surface area contributed by atoms with Crippen molar-refractivity contribution in [1.82, 2.24) is 9.97 Å². The number of carboxylic acids is 1. The molecule has 2 rings (SSSR count). The Balaban J connectivity index is 0.000000351. The molecule has 0 radical (unpaired) electrons. The first-order chi connectivity index (χ1) is 11.0. The van der Waals surface area contributed by atoms with E-state index in [1.807, 2.05) is 31.2 Å². The summed E-state index contributed by atoms with van der Waals surface area (Å²) < 4.78 is 33.7. The van der Waals surface area contributed by atoms with Crippen LogP contribution in [0.4, 0.5) is 30.6 Å². The summed E-state index contributed by atoms with van der Waals surface area (Å²) in [6, 6.07) is 7.69. The first kappa shape index (κ1) is 20.2. The van der Waals surface area contributed by atoms with Gasteiger partial charge in [-0.25, -0.2) is 9.78 Å². The number of anilines is 3. The second-order valence-electron chi connectivity index (χ2n) is 4.30. The van der Waals surface area contributed by atoms with Crippen molar-refractivity contribution in [2.45, 2.75) is 13.1 Å². The molecule has 0 saturated carbocycles. The molecule has 130 valence electrons. The van der Waals surface area contributed by atoms with E-state index in [2.05, 4.69) is 47.1 Å². The van der Waals surface area contributed by atoms with Gasteiger partial charge in [0.05, 0.1) is 5.69 Å². The summed E-state index contributed by atoms with van der Waals surface area (Å²) in [5.74, 6) is -1.82. The monoisotopic (exact) mass is 470 g/mol. The van der Waals surface area contributed by atoms with Crippen molar-refractivity contribution in [3.63, 3.8) is 0 Å². The zero-order chi connectivity index (χ0) is 18.5. The number of carbonyl (C=O) groups is 1. The number of aromatic nitrogens is 2. The van der Waals surface area contributed by atoms with Crippen LogP contribution in [0.3, 0.4) is 0 Å². The number of alkyl halides is 3. The maximum absolute atomic E-state index is 10.6. The second kappa shape index (κ2) is 8.29.